The van der Waals surface area contributed by atoms with E-state index in [9.17, 15) is 22.8 Å². The van der Waals surface area contributed by atoms with E-state index >= 15 is 0 Å². The summed E-state index contributed by atoms with van der Waals surface area (Å²) in [7, 11) is 0. The molecule has 104 valence electrons. The minimum absolute atomic E-state index is 0.0644. The molecule has 1 aromatic carbocycles. The molecule has 0 heterocycles. The van der Waals surface area contributed by atoms with Crippen molar-refractivity contribution in [2.24, 2.45) is 0 Å². The fraction of sp³-hybridized carbons (Fsp3) is 0.273. The Hall–Kier alpha value is -1.57. The largest absolute Gasteiger partial charge is 0.573 e. The van der Waals surface area contributed by atoms with E-state index < -0.39 is 28.5 Å². The molecule has 1 aromatic rings. The Kier molecular flexibility index (Phi) is 4.56. The number of rotatable bonds is 4. The van der Waals surface area contributed by atoms with Crippen molar-refractivity contribution in [3.63, 3.8) is 0 Å². The maximum atomic E-state index is 12.0. The number of carboxylic acid groups (broad SMARTS) is 1. The summed E-state index contributed by atoms with van der Waals surface area (Å²) in [4.78, 5) is 21.3. The van der Waals surface area contributed by atoms with Crippen molar-refractivity contribution in [1.82, 2.24) is 0 Å². The van der Waals surface area contributed by atoms with Gasteiger partial charge in [0.15, 0.2) is 0 Å². The molecule has 19 heavy (non-hydrogen) atoms. The molecule has 1 unspecified atom stereocenters. The van der Waals surface area contributed by atoms with Crippen molar-refractivity contribution in [3.8, 4) is 5.75 Å². The van der Waals surface area contributed by atoms with E-state index in [4.69, 9.17) is 5.11 Å². The number of Topliss-reactive ketones (excluding diaryl/α,β-unsaturated/α-hetero) is 1. The normalized spacial score (nSPS) is 12.9. The Morgan fingerprint density at radius 2 is 1.95 bits per heavy atom. The van der Waals surface area contributed by atoms with Crippen molar-refractivity contribution in [2.45, 2.75) is 18.1 Å². The van der Waals surface area contributed by atoms with Crippen molar-refractivity contribution >= 4 is 27.7 Å². The first kappa shape index (κ1) is 15.5. The van der Waals surface area contributed by atoms with Crippen LogP contribution in [-0.2, 0) is 4.79 Å². The Morgan fingerprint density at radius 1 is 1.37 bits per heavy atom. The van der Waals surface area contributed by atoms with E-state index in [1.165, 1.54) is 6.92 Å². The summed E-state index contributed by atoms with van der Waals surface area (Å²) in [5.74, 6) is -2.47. The molecule has 1 atom stereocenters. The van der Waals surface area contributed by atoms with Gasteiger partial charge in [0, 0.05) is 0 Å². The fourth-order valence-corrected chi connectivity index (χ4v) is 1.76. The van der Waals surface area contributed by atoms with Gasteiger partial charge in [-0.05, 0) is 24.6 Å². The lowest BCUT2D eigenvalue weighted by atomic mass is 10.0. The van der Waals surface area contributed by atoms with Crippen LogP contribution in [0.5, 0.6) is 5.75 Å². The number of carbonyl (C=O) groups is 2. The Labute approximate surface area is 114 Å². The molecular weight excluding hydrogens is 333 g/mol. The highest BCUT2D eigenvalue weighted by Crippen LogP contribution is 2.31. The number of carbonyl (C=O) groups excluding carboxylic acids is 1. The van der Waals surface area contributed by atoms with Crippen LogP contribution in [0.25, 0.3) is 0 Å². The molecule has 0 amide bonds. The minimum atomic E-state index is -4.91. The van der Waals surface area contributed by atoms with Crippen molar-refractivity contribution in [2.75, 3.05) is 0 Å². The first-order valence-electron chi connectivity index (χ1n) is 4.89. The minimum Gasteiger partial charge on any atom is -0.478 e. The van der Waals surface area contributed by atoms with Crippen LogP contribution in [0, 0.1) is 0 Å². The topological polar surface area (TPSA) is 63.6 Å². The second kappa shape index (κ2) is 5.60. The quantitative estimate of drug-likeness (QED) is 0.854. The van der Waals surface area contributed by atoms with E-state index in [2.05, 4.69) is 20.7 Å². The summed E-state index contributed by atoms with van der Waals surface area (Å²) in [5, 5.41) is 8.95. The Balaban J connectivity index is 3.23. The number of benzene rings is 1. The summed E-state index contributed by atoms with van der Waals surface area (Å²) in [6.07, 6.45) is -4.91. The number of hydrogen-bond donors (Lipinski definition) is 1. The summed E-state index contributed by atoms with van der Waals surface area (Å²) in [6, 6.07) is 2.78. The van der Waals surface area contributed by atoms with E-state index in [-0.39, 0.29) is 11.3 Å². The fourth-order valence-electron chi connectivity index (χ4n) is 1.36. The van der Waals surface area contributed by atoms with Gasteiger partial charge in [-0.1, -0.05) is 22.0 Å². The van der Waals surface area contributed by atoms with Gasteiger partial charge in [-0.15, -0.1) is 13.2 Å². The number of carboxylic acids is 1. The molecule has 0 aliphatic rings. The van der Waals surface area contributed by atoms with E-state index in [1.54, 1.807) is 0 Å². The first-order chi connectivity index (χ1) is 8.61. The van der Waals surface area contributed by atoms with E-state index in [1.807, 2.05) is 0 Å². The SMILES string of the molecule is CC(=O)C(Br)c1ccc(OC(F)(F)F)cc1C(=O)O. The monoisotopic (exact) mass is 340 g/mol. The van der Waals surface area contributed by atoms with E-state index in [0.717, 1.165) is 18.2 Å². The van der Waals surface area contributed by atoms with Crippen molar-refractivity contribution in [1.29, 1.82) is 0 Å². The number of ketones is 1. The van der Waals surface area contributed by atoms with Crippen LogP contribution in [0.3, 0.4) is 0 Å². The van der Waals surface area contributed by atoms with Crippen LogP contribution in [0.2, 0.25) is 0 Å². The first-order valence-corrected chi connectivity index (χ1v) is 5.81. The molecule has 0 saturated carbocycles. The van der Waals surface area contributed by atoms with Crippen molar-refractivity contribution < 1.29 is 32.6 Å². The highest BCUT2D eigenvalue weighted by atomic mass is 79.9. The molecule has 0 aliphatic carbocycles. The van der Waals surface area contributed by atoms with E-state index in [0.29, 0.717) is 0 Å². The zero-order chi connectivity index (χ0) is 14.8. The lowest BCUT2D eigenvalue weighted by Gasteiger charge is -2.13. The maximum Gasteiger partial charge on any atom is 0.573 e. The summed E-state index contributed by atoms with van der Waals surface area (Å²) >= 11 is 2.98. The van der Waals surface area contributed by atoms with Crippen LogP contribution in [0.1, 0.15) is 27.7 Å². The zero-order valence-electron chi connectivity index (χ0n) is 9.49. The van der Waals surface area contributed by atoms with Gasteiger partial charge in [-0.3, -0.25) is 4.79 Å². The van der Waals surface area contributed by atoms with Gasteiger partial charge in [0.25, 0.3) is 0 Å². The second-order valence-electron chi connectivity index (χ2n) is 3.58. The molecule has 0 bridgehead atoms. The van der Waals surface area contributed by atoms with Crippen LogP contribution in [-0.4, -0.2) is 23.2 Å². The van der Waals surface area contributed by atoms with Crippen molar-refractivity contribution in [3.05, 3.63) is 29.3 Å². The smallest absolute Gasteiger partial charge is 0.478 e. The highest BCUT2D eigenvalue weighted by molar-refractivity contribution is 9.09. The molecule has 1 N–H and O–H groups in total. The molecule has 0 spiro atoms. The van der Waals surface area contributed by atoms with Crippen LogP contribution < -0.4 is 4.74 Å². The average Bonchev–Trinajstić information content (AvgIpc) is 2.25. The molecule has 0 saturated heterocycles. The predicted octanol–water partition coefficient (Wildman–Crippen LogP) is 3.31. The third kappa shape index (κ3) is 4.23. The third-order valence-corrected chi connectivity index (χ3v) is 3.26. The highest BCUT2D eigenvalue weighted by Gasteiger charge is 2.32. The van der Waals surface area contributed by atoms with Gasteiger partial charge >= 0.3 is 12.3 Å². The Morgan fingerprint density at radius 3 is 2.37 bits per heavy atom. The van der Waals surface area contributed by atoms with Crippen LogP contribution in [0.4, 0.5) is 13.2 Å². The number of ether oxygens (including phenoxy) is 1. The van der Waals surface area contributed by atoms with Crippen LogP contribution in [0.15, 0.2) is 18.2 Å². The van der Waals surface area contributed by atoms with Gasteiger partial charge in [0.1, 0.15) is 11.5 Å². The van der Waals surface area contributed by atoms with Gasteiger partial charge in [0.05, 0.1) is 10.4 Å². The molecule has 1 rings (SSSR count). The lowest BCUT2D eigenvalue weighted by Crippen LogP contribution is -2.18. The standard InChI is InChI=1S/C11H8BrF3O4/c1-5(16)9(12)7-3-2-6(19-11(13,14)15)4-8(7)10(17)18/h2-4,9H,1H3,(H,17,18). The van der Waals surface area contributed by atoms with Crippen LogP contribution >= 0.6 is 15.9 Å². The lowest BCUT2D eigenvalue weighted by molar-refractivity contribution is -0.274. The molecular formula is C11H8BrF3O4. The van der Waals surface area contributed by atoms with Gasteiger partial charge in [-0.2, -0.15) is 0 Å². The molecule has 4 nitrogen and oxygen atoms in total. The molecule has 0 fully saturated rings. The van der Waals surface area contributed by atoms with Gasteiger partial charge in [-0.25, -0.2) is 4.79 Å². The number of halogens is 4. The molecule has 0 aromatic heterocycles. The molecule has 8 heteroatoms. The summed E-state index contributed by atoms with van der Waals surface area (Å²) in [5.41, 5.74) is -0.367. The predicted molar refractivity (Wildman–Crippen MR) is 62.4 cm³/mol. The molecule has 0 aliphatic heterocycles. The summed E-state index contributed by atoms with van der Waals surface area (Å²) in [6.45, 7) is 1.23. The zero-order valence-corrected chi connectivity index (χ0v) is 11.1. The van der Waals surface area contributed by atoms with Gasteiger partial charge in [0.2, 0.25) is 0 Å². The average molecular weight is 341 g/mol. The Bertz CT molecular complexity index is 513. The maximum absolute atomic E-state index is 12.0. The second-order valence-corrected chi connectivity index (χ2v) is 4.49. The molecule has 0 radical (unpaired) electrons. The summed E-state index contributed by atoms with van der Waals surface area (Å²) < 4.78 is 39.7. The number of alkyl halides is 4. The number of aromatic carboxylic acids is 1. The number of hydrogen-bond acceptors (Lipinski definition) is 3. The van der Waals surface area contributed by atoms with Gasteiger partial charge < -0.3 is 9.84 Å². The third-order valence-electron chi connectivity index (χ3n) is 2.12.